The van der Waals surface area contributed by atoms with Crippen LogP contribution in [0.5, 0.6) is 0 Å². The number of rotatable bonds is 4. The third-order valence-electron chi connectivity index (χ3n) is 2.43. The maximum atomic E-state index is 11.5. The van der Waals surface area contributed by atoms with Crippen molar-refractivity contribution in [2.75, 3.05) is 12.3 Å². The molecule has 0 aliphatic heterocycles. The molecule has 2 aromatic rings. The molecule has 0 bridgehead atoms. The molecule has 0 saturated heterocycles. The van der Waals surface area contributed by atoms with E-state index in [0.717, 1.165) is 5.69 Å². The lowest BCUT2D eigenvalue weighted by Crippen LogP contribution is -2.02. The number of carbonyl (C=O) groups is 1. The van der Waals surface area contributed by atoms with Crippen molar-refractivity contribution in [1.29, 1.82) is 0 Å². The van der Waals surface area contributed by atoms with E-state index < -0.39 is 0 Å². The average Bonchev–Trinajstić information content (AvgIpc) is 2.76. The number of Topliss-reactive ketones (excluding diaryl/α,β-unsaturated/α-hetero) is 1. The van der Waals surface area contributed by atoms with Crippen molar-refractivity contribution in [3.8, 4) is 5.69 Å². The Balaban J connectivity index is 2.21. The highest BCUT2D eigenvalue weighted by atomic mass is 16.3. The summed E-state index contributed by atoms with van der Waals surface area (Å²) in [5.41, 5.74) is 7.00. The number of aliphatic hydroxyl groups is 1. The number of benzene rings is 1. The minimum atomic E-state index is -0.126. The summed E-state index contributed by atoms with van der Waals surface area (Å²) in [6.45, 7) is -0.126. The standard InChI is InChI=1S/C12H13N3O2/c13-12-7-15(8-14-12)10-3-1-9(2-4-10)11(17)5-6-16/h1-4,7-8,16H,5-6,13H2. The second kappa shape index (κ2) is 4.80. The molecule has 2 rings (SSSR count). The fourth-order valence-corrected chi connectivity index (χ4v) is 1.54. The Labute approximate surface area is 98.5 Å². The van der Waals surface area contributed by atoms with E-state index in [1.807, 2.05) is 12.1 Å². The summed E-state index contributed by atoms with van der Waals surface area (Å²) in [6.07, 6.45) is 3.46. The summed E-state index contributed by atoms with van der Waals surface area (Å²) in [6, 6.07) is 7.07. The first-order chi connectivity index (χ1) is 8.20. The van der Waals surface area contributed by atoms with Gasteiger partial charge < -0.3 is 15.4 Å². The zero-order valence-corrected chi connectivity index (χ0v) is 9.21. The van der Waals surface area contributed by atoms with Gasteiger partial charge in [0.1, 0.15) is 12.1 Å². The van der Waals surface area contributed by atoms with Crippen LogP contribution in [-0.4, -0.2) is 27.0 Å². The van der Waals surface area contributed by atoms with Crippen LogP contribution in [0, 0.1) is 0 Å². The zero-order valence-electron chi connectivity index (χ0n) is 9.21. The van der Waals surface area contributed by atoms with Crippen molar-refractivity contribution in [3.63, 3.8) is 0 Å². The second-order valence-electron chi connectivity index (χ2n) is 3.65. The van der Waals surface area contributed by atoms with Crippen LogP contribution < -0.4 is 5.73 Å². The largest absolute Gasteiger partial charge is 0.396 e. The molecular weight excluding hydrogens is 218 g/mol. The van der Waals surface area contributed by atoms with Gasteiger partial charge in [-0.25, -0.2) is 4.98 Å². The molecule has 5 heteroatoms. The minimum absolute atomic E-state index is 0.0656. The van der Waals surface area contributed by atoms with Crippen LogP contribution >= 0.6 is 0 Å². The third kappa shape index (κ3) is 2.51. The molecule has 17 heavy (non-hydrogen) atoms. The Morgan fingerprint density at radius 1 is 1.35 bits per heavy atom. The number of nitrogens with two attached hydrogens (primary N) is 1. The molecular formula is C12H13N3O2. The molecule has 88 valence electrons. The van der Waals surface area contributed by atoms with E-state index in [1.165, 1.54) is 0 Å². The van der Waals surface area contributed by atoms with Crippen LogP contribution in [0.4, 0.5) is 5.82 Å². The molecule has 0 unspecified atom stereocenters. The normalized spacial score (nSPS) is 10.4. The third-order valence-corrected chi connectivity index (χ3v) is 2.43. The number of nitrogens with zero attached hydrogens (tertiary/aromatic N) is 2. The van der Waals surface area contributed by atoms with Gasteiger partial charge in [-0.05, 0) is 24.3 Å². The van der Waals surface area contributed by atoms with Crippen LogP contribution in [0.25, 0.3) is 5.69 Å². The lowest BCUT2D eigenvalue weighted by molar-refractivity contribution is 0.0956. The highest BCUT2D eigenvalue weighted by molar-refractivity contribution is 5.96. The predicted molar refractivity (Wildman–Crippen MR) is 64.0 cm³/mol. The summed E-state index contributed by atoms with van der Waals surface area (Å²) < 4.78 is 1.77. The van der Waals surface area contributed by atoms with Crippen molar-refractivity contribution in [1.82, 2.24) is 9.55 Å². The van der Waals surface area contributed by atoms with Gasteiger partial charge in [0.15, 0.2) is 5.78 Å². The van der Waals surface area contributed by atoms with Gasteiger partial charge in [-0.15, -0.1) is 0 Å². The molecule has 1 aromatic heterocycles. The number of anilines is 1. The molecule has 0 aliphatic rings. The summed E-state index contributed by atoms with van der Waals surface area (Å²) >= 11 is 0. The van der Waals surface area contributed by atoms with Gasteiger partial charge in [0.05, 0.1) is 12.8 Å². The van der Waals surface area contributed by atoms with Crippen molar-refractivity contribution >= 4 is 11.6 Å². The Kier molecular flexibility index (Phi) is 3.20. The van der Waals surface area contributed by atoms with Crippen LogP contribution in [0.1, 0.15) is 16.8 Å². The Morgan fingerprint density at radius 3 is 2.59 bits per heavy atom. The van der Waals surface area contributed by atoms with E-state index in [0.29, 0.717) is 11.4 Å². The fraction of sp³-hybridized carbons (Fsp3) is 0.167. The highest BCUT2D eigenvalue weighted by Crippen LogP contribution is 2.12. The fourth-order valence-electron chi connectivity index (χ4n) is 1.54. The predicted octanol–water partition coefficient (Wildman–Crippen LogP) is 1.02. The van der Waals surface area contributed by atoms with E-state index in [9.17, 15) is 4.79 Å². The van der Waals surface area contributed by atoms with E-state index in [1.54, 1.807) is 29.2 Å². The molecule has 0 amide bonds. The van der Waals surface area contributed by atoms with Crippen molar-refractivity contribution in [2.24, 2.45) is 0 Å². The Hall–Kier alpha value is -2.14. The number of aromatic nitrogens is 2. The first-order valence-corrected chi connectivity index (χ1v) is 5.24. The van der Waals surface area contributed by atoms with E-state index in [4.69, 9.17) is 10.8 Å². The maximum absolute atomic E-state index is 11.5. The molecule has 3 N–H and O–H groups in total. The molecule has 0 atom stereocenters. The number of aliphatic hydroxyl groups excluding tert-OH is 1. The minimum Gasteiger partial charge on any atom is -0.396 e. The monoisotopic (exact) mass is 231 g/mol. The zero-order chi connectivity index (χ0) is 12.3. The Morgan fingerprint density at radius 2 is 2.06 bits per heavy atom. The summed E-state index contributed by atoms with van der Waals surface area (Å²) in [4.78, 5) is 15.4. The van der Waals surface area contributed by atoms with Crippen LogP contribution in [0.2, 0.25) is 0 Å². The Bertz CT molecular complexity index is 517. The summed E-state index contributed by atoms with van der Waals surface area (Å²) in [5.74, 6) is 0.384. The molecule has 1 heterocycles. The lowest BCUT2D eigenvalue weighted by Gasteiger charge is -2.03. The number of ketones is 1. The molecule has 0 radical (unpaired) electrons. The lowest BCUT2D eigenvalue weighted by atomic mass is 10.1. The van der Waals surface area contributed by atoms with E-state index in [-0.39, 0.29) is 18.8 Å². The highest BCUT2D eigenvalue weighted by Gasteiger charge is 2.05. The van der Waals surface area contributed by atoms with Gasteiger partial charge in [-0.1, -0.05) is 0 Å². The van der Waals surface area contributed by atoms with Crippen molar-refractivity contribution in [3.05, 3.63) is 42.4 Å². The van der Waals surface area contributed by atoms with Gasteiger partial charge in [-0.2, -0.15) is 0 Å². The van der Waals surface area contributed by atoms with Crippen LogP contribution in [0.15, 0.2) is 36.8 Å². The van der Waals surface area contributed by atoms with Gasteiger partial charge >= 0.3 is 0 Å². The quantitative estimate of drug-likeness (QED) is 0.770. The maximum Gasteiger partial charge on any atom is 0.165 e. The van der Waals surface area contributed by atoms with Gasteiger partial charge in [0.2, 0.25) is 0 Å². The number of hydrogen-bond acceptors (Lipinski definition) is 4. The summed E-state index contributed by atoms with van der Waals surface area (Å²) in [7, 11) is 0. The smallest absolute Gasteiger partial charge is 0.165 e. The molecule has 0 aliphatic carbocycles. The van der Waals surface area contributed by atoms with Gasteiger partial charge in [0, 0.05) is 17.7 Å². The molecule has 0 saturated carbocycles. The van der Waals surface area contributed by atoms with E-state index >= 15 is 0 Å². The molecule has 0 fully saturated rings. The first kappa shape index (κ1) is 11.3. The van der Waals surface area contributed by atoms with Crippen molar-refractivity contribution in [2.45, 2.75) is 6.42 Å². The first-order valence-electron chi connectivity index (χ1n) is 5.24. The van der Waals surface area contributed by atoms with Crippen LogP contribution in [-0.2, 0) is 0 Å². The summed E-state index contributed by atoms with van der Waals surface area (Å²) in [5, 5.41) is 8.69. The molecule has 5 nitrogen and oxygen atoms in total. The average molecular weight is 231 g/mol. The number of hydrogen-bond donors (Lipinski definition) is 2. The van der Waals surface area contributed by atoms with Crippen LogP contribution in [0.3, 0.4) is 0 Å². The van der Waals surface area contributed by atoms with Gasteiger partial charge in [0.25, 0.3) is 0 Å². The number of nitrogen functional groups attached to an aromatic ring is 1. The molecule has 1 aromatic carbocycles. The second-order valence-corrected chi connectivity index (χ2v) is 3.65. The molecule has 0 spiro atoms. The van der Waals surface area contributed by atoms with E-state index in [2.05, 4.69) is 4.98 Å². The number of carbonyl (C=O) groups excluding carboxylic acids is 1. The SMILES string of the molecule is Nc1cn(-c2ccc(C(=O)CCO)cc2)cn1. The topological polar surface area (TPSA) is 81.1 Å². The van der Waals surface area contributed by atoms with Gasteiger partial charge in [-0.3, -0.25) is 4.79 Å². The van der Waals surface area contributed by atoms with Crippen molar-refractivity contribution < 1.29 is 9.90 Å². The number of imidazole rings is 1.